The van der Waals surface area contributed by atoms with Gasteiger partial charge in [-0.2, -0.15) is 0 Å². The predicted octanol–water partition coefficient (Wildman–Crippen LogP) is 0.790. The van der Waals surface area contributed by atoms with Gasteiger partial charge in [-0.15, -0.1) is 0 Å². The van der Waals surface area contributed by atoms with E-state index in [1.165, 1.54) is 0 Å². The Bertz CT molecular complexity index is 312. The number of hydrogen-bond donors (Lipinski definition) is 0. The quantitative estimate of drug-likeness (QED) is 0.655. The van der Waals surface area contributed by atoms with Crippen molar-refractivity contribution in [3.05, 3.63) is 35.4 Å². The zero-order chi connectivity index (χ0) is 10.1. The van der Waals surface area contributed by atoms with Crippen molar-refractivity contribution in [3.63, 3.8) is 0 Å². The van der Waals surface area contributed by atoms with Crippen LogP contribution in [-0.4, -0.2) is 34.5 Å². The third kappa shape index (κ3) is 4.64. The van der Waals surface area contributed by atoms with Crippen LogP contribution < -0.4 is 5.11 Å². The van der Waals surface area contributed by atoms with Crippen LogP contribution in [0.4, 0.5) is 0 Å². The molecular weight excluding hydrogens is 204 g/mol. The SMILES string of the molecule is CC(C)(C)c1ccc(C(=O)[O-])cc1.[Mg+2].[OH-]. The minimum absolute atomic E-state index is 0. The maximum absolute atomic E-state index is 10.5. The molecule has 0 atom stereocenters. The molecule has 0 amide bonds. The molecule has 0 fully saturated rings. The summed E-state index contributed by atoms with van der Waals surface area (Å²) >= 11 is 0. The molecule has 0 unspecified atom stereocenters. The molecule has 0 aromatic heterocycles. The van der Waals surface area contributed by atoms with Crippen molar-refractivity contribution >= 4 is 29.0 Å². The van der Waals surface area contributed by atoms with E-state index in [1.807, 2.05) is 12.1 Å². The van der Waals surface area contributed by atoms with Crippen LogP contribution in [0.5, 0.6) is 0 Å². The number of carbonyl (C=O) groups is 1. The third-order valence-corrected chi connectivity index (χ3v) is 1.99. The fraction of sp³-hybridized carbons (Fsp3) is 0.364. The van der Waals surface area contributed by atoms with Gasteiger partial charge in [-0.3, -0.25) is 0 Å². The summed E-state index contributed by atoms with van der Waals surface area (Å²) in [7, 11) is 0. The van der Waals surface area contributed by atoms with E-state index in [1.54, 1.807) is 12.1 Å². The molecule has 0 radical (unpaired) electrons. The smallest absolute Gasteiger partial charge is 0.870 e. The molecule has 78 valence electrons. The van der Waals surface area contributed by atoms with E-state index in [4.69, 9.17) is 0 Å². The molecule has 0 saturated heterocycles. The standard InChI is InChI=1S/C11H14O2.Mg.H2O/c1-11(2,3)9-6-4-8(5-7-9)10(12)13;;/h4-7H,1-3H3,(H,12,13);;1H2/q;+2;/p-2. The van der Waals surface area contributed by atoms with Crippen LogP contribution in [0.15, 0.2) is 24.3 Å². The summed E-state index contributed by atoms with van der Waals surface area (Å²) in [6.45, 7) is 6.25. The maximum Gasteiger partial charge on any atom is 2.00 e. The molecule has 0 heterocycles. The van der Waals surface area contributed by atoms with Gasteiger partial charge in [-0.05, 0) is 16.5 Å². The van der Waals surface area contributed by atoms with Gasteiger partial charge in [0.05, 0.1) is 5.97 Å². The Hall–Kier alpha value is -0.584. The molecule has 3 nitrogen and oxygen atoms in total. The van der Waals surface area contributed by atoms with Gasteiger partial charge in [0.15, 0.2) is 0 Å². The second kappa shape index (κ2) is 6.10. The van der Waals surface area contributed by atoms with Crippen LogP contribution >= 0.6 is 0 Å². The number of aromatic carboxylic acids is 1. The van der Waals surface area contributed by atoms with Crippen LogP contribution in [0.25, 0.3) is 0 Å². The zero-order valence-corrected chi connectivity index (χ0v) is 10.7. The maximum atomic E-state index is 10.5. The zero-order valence-electron chi connectivity index (χ0n) is 9.28. The van der Waals surface area contributed by atoms with Crippen LogP contribution in [0.1, 0.15) is 36.7 Å². The van der Waals surface area contributed by atoms with Crippen molar-refractivity contribution in [1.29, 1.82) is 0 Å². The summed E-state index contributed by atoms with van der Waals surface area (Å²) in [4.78, 5) is 10.5. The molecule has 15 heavy (non-hydrogen) atoms. The molecule has 0 bridgehead atoms. The molecule has 0 aliphatic heterocycles. The van der Waals surface area contributed by atoms with Gasteiger partial charge in [0.25, 0.3) is 0 Å². The molecule has 0 aliphatic carbocycles. The summed E-state index contributed by atoms with van der Waals surface area (Å²) in [6, 6.07) is 6.81. The number of carboxylic acids is 1. The van der Waals surface area contributed by atoms with E-state index in [0.29, 0.717) is 0 Å². The Morgan fingerprint density at radius 2 is 1.53 bits per heavy atom. The van der Waals surface area contributed by atoms with Crippen molar-refractivity contribution in [2.75, 3.05) is 0 Å². The normalized spacial score (nSPS) is 9.80. The Morgan fingerprint density at radius 3 is 1.80 bits per heavy atom. The van der Waals surface area contributed by atoms with Gasteiger partial charge in [0.1, 0.15) is 0 Å². The van der Waals surface area contributed by atoms with E-state index in [0.717, 1.165) is 5.56 Å². The Balaban J connectivity index is 0. The number of benzene rings is 1. The first-order valence-electron chi connectivity index (χ1n) is 4.23. The van der Waals surface area contributed by atoms with E-state index in [9.17, 15) is 9.90 Å². The molecule has 1 aromatic rings. The van der Waals surface area contributed by atoms with Crippen molar-refractivity contribution in [1.82, 2.24) is 0 Å². The van der Waals surface area contributed by atoms with E-state index < -0.39 is 5.97 Å². The fourth-order valence-electron chi connectivity index (χ4n) is 1.11. The number of carbonyl (C=O) groups excluding carboxylic acids is 1. The topological polar surface area (TPSA) is 70.1 Å². The first-order chi connectivity index (χ1) is 5.91. The van der Waals surface area contributed by atoms with E-state index >= 15 is 0 Å². The average molecular weight is 219 g/mol. The summed E-state index contributed by atoms with van der Waals surface area (Å²) in [5.41, 5.74) is 1.41. The number of rotatable bonds is 1. The van der Waals surface area contributed by atoms with Gasteiger partial charge < -0.3 is 15.4 Å². The van der Waals surface area contributed by atoms with Crippen molar-refractivity contribution in [2.24, 2.45) is 0 Å². The van der Waals surface area contributed by atoms with Gasteiger partial charge in [-0.25, -0.2) is 0 Å². The molecule has 0 aliphatic rings. The summed E-state index contributed by atoms with van der Waals surface area (Å²) < 4.78 is 0. The second-order valence-electron chi connectivity index (χ2n) is 4.11. The average Bonchev–Trinajstić information content (AvgIpc) is 2.03. The predicted molar refractivity (Wildman–Crippen MR) is 57.2 cm³/mol. The summed E-state index contributed by atoms with van der Waals surface area (Å²) in [5.74, 6) is -1.12. The molecular formula is C11H14MgO3. The fourth-order valence-corrected chi connectivity index (χ4v) is 1.11. The Kier molecular flexibility index (Phi) is 6.84. The van der Waals surface area contributed by atoms with Crippen LogP contribution in [0.3, 0.4) is 0 Å². The molecule has 1 N–H and O–H groups in total. The summed E-state index contributed by atoms with van der Waals surface area (Å²) in [6.07, 6.45) is 0. The molecule has 1 aromatic carbocycles. The van der Waals surface area contributed by atoms with Gasteiger partial charge in [-0.1, -0.05) is 45.0 Å². The van der Waals surface area contributed by atoms with Crippen molar-refractivity contribution in [2.45, 2.75) is 26.2 Å². The Labute approximate surface area is 106 Å². The van der Waals surface area contributed by atoms with E-state index in [2.05, 4.69) is 20.8 Å². The minimum Gasteiger partial charge on any atom is -0.870 e. The van der Waals surface area contributed by atoms with Crippen LogP contribution in [0, 0.1) is 0 Å². The van der Waals surface area contributed by atoms with Crippen LogP contribution in [-0.2, 0) is 5.41 Å². The second-order valence-corrected chi connectivity index (χ2v) is 4.11. The molecule has 0 spiro atoms. The molecule has 0 saturated carbocycles. The summed E-state index contributed by atoms with van der Waals surface area (Å²) in [5, 5.41) is 10.5. The van der Waals surface area contributed by atoms with E-state index in [-0.39, 0.29) is 39.5 Å². The third-order valence-electron chi connectivity index (χ3n) is 1.99. The van der Waals surface area contributed by atoms with Crippen molar-refractivity contribution in [3.8, 4) is 0 Å². The molecule has 4 heteroatoms. The number of hydrogen-bond acceptors (Lipinski definition) is 3. The van der Waals surface area contributed by atoms with Gasteiger partial charge >= 0.3 is 23.1 Å². The largest absolute Gasteiger partial charge is 2.00 e. The van der Waals surface area contributed by atoms with Crippen molar-refractivity contribution < 1.29 is 15.4 Å². The monoisotopic (exact) mass is 218 g/mol. The van der Waals surface area contributed by atoms with Gasteiger partial charge in [0.2, 0.25) is 0 Å². The van der Waals surface area contributed by atoms with Gasteiger partial charge in [0, 0.05) is 0 Å². The Morgan fingerprint density at radius 1 is 1.13 bits per heavy atom. The minimum atomic E-state index is -1.12. The number of carboxylic acid groups (broad SMARTS) is 1. The molecule has 1 rings (SSSR count). The first-order valence-corrected chi connectivity index (χ1v) is 4.23. The first kappa shape index (κ1) is 16.8. The van der Waals surface area contributed by atoms with Crippen LogP contribution in [0.2, 0.25) is 0 Å².